The topological polar surface area (TPSA) is 95.3 Å². The number of imidazole rings is 1. The number of aromatic nitrogens is 5. The summed E-state index contributed by atoms with van der Waals surface area (Å²) in [4.78, 5) is 12.6. The van der Waals surface area contributed by atoms with E-state index in [9.17, 15) is 24.2 Å². The maximum Gasteiger partial charge on any atom is 0.310 e. The number of nitrogens with zero attached hydrogens (tertiary/aromatic N) is 5. The Morgan fingerprint density at radius 3 is 2.49 bits per heavy atom. The maximum absolute atomic E-state index is 13.9. The number of anilines is 2. The molecule has 3 aromatic heterocycles. The van der Waals surface area contributed by atoms with E-state index in [1.54, 1.807) is 52.4 Å². The van der Waals surface area contributed by atoms with E-state index < -0.39 is 26.6 Å². The minimum absolute atomic E-state index is 0.0871. The zero-order chi connectivity index (χ0) is 29.1. The van der Waals surface area contributed by atoms with Gasteiger partial charge in [-0.15, -0.1) is 0 Å². The van der Waals surface area contributed by atoms with Crippen LogP contribution in [0.25, 0.3) is 22.6 Å². The first-order valence-corrected chi connectivity index (χ1v) is 14.5. The van der Waals surface area contributed by atoms with E-state index in [0.717, 1.165) is 16.8 Å². The van der Waals surface area contributed by atoms with E-state index in [2.05, 4.69) is 25.9 Å². The molecule has 0 radical (unpaired) electrons. The van der Waals surface area contributed by atoms with Crippen molar-refractivity contribution >= 4 is 33.2 Å². The third kappa shape index (κ3) is 5.37. The molecule has 0 unspecified atom stereocenters. The zero-order valence-electron chi connectivity index (χ0n) is 21.6. The van der Waals surface area contributed by atoms with Crippen LogP contribution in [0.3, 0.4) is 0 Å². The van der Waals surface area contributed by atoms with Crippen molar-refractivity contribution in [3.8, 4) is 16.9 Å². The van der Waals surface area contributed by atoms with Crippen molar-refractivity contribution in [2.75, 3.05) is 36.4 Å². The average molecular weight is 593 g/mol. The fourth-order valence-corrected chi connectivity index (χ4v) is 5.50. The summed E-state index contributed by atoms with van der Waals surface area (Å²) in [6, 6.07) is 8.71. The monoisotopic (exact) mass is 592 g/mol. The lowest BCUT2D eigenvalue weighted by Crippen LogP contribution is -2.43. The van der Waals surface area contributed by atoms with Crippen LogP contribution >= 0.6 is 10.2 Å². The predicted octanol–water partition coefficient (Wildman–Crippen LogP) is 6.14. The molecule has 1 saturated heterocycles. The minimum atomic E-state index is -10.1. The van der Waals surface area contributed by atoms with Gasteiger partial charge in [-0.05, 0) is 42.8 Å². The van der Waals surface area contributed by atoms with Crippen molar-refractivity contribution in [3.63, 3.8) is 0 Å². The van der Waals surface area contributed by atoms with Crippen molar-refractivity contribution in [1.29, 1.82) is 0 Å². The summed E-state index contributed by atoms with van der Waals surface area (Å²) in [5, 5.41) is 16.9. The number of fused-ring (bicyclic) bond motifs is 1. The van der Waals surface area contributed by atoms with Crippen LogP contribution in [-0.4, -0.2) is 56.5 Å². The molecule has 4 heterocycles. The lowest BCUT2D eigenvalue weighted by atomic mass is 10.1. The van der Waals surface area contributed by atoms with Gasteiger partial charge in [0.1, 0.15) is 10.5 Å². The number of piperazine rings is 1. The Balaban J connectivity index is 1.34. The number of aryl methyl sites for hydroxylation is 1. The Morgan fingerprint density at radius 2 is 1.78 bits per heavy atom. The molecule has 216 valence electrons. The minimum Gasteiger partial charge on any atom is -0.369 e. The van der Waals surface area contributed by atoms with E-state index in [1.807, 2.05) is 17.6 Å². The summed E-state index contributed by atoms with van der Waals surface area (Å²) in [6.07, 6.45) is 6.90. The molecule has 15 heteroatoms. The molecule has 1 aliphatic heterocycles. The molecule has 2 aromatic carbocycles. The van der Waals surface area contributed by atoms with E-state index in [0.29, 0.717) is 43.6 Å². The van der Waals surface area contributed by atoms with Gasteiger partial charge in [0.25, 0.3) is 5.91 Å². The lowest BCUT2D eigenvalue weighted by molar-refractivity contribution is 0.102. The number of amides is 1. The molecule has 0 atom stereocenters. The molecule has 0 saturated carbocycles. The Hall–Kier alpha value is -4.37. The molecule has 6 rings (SSSR count). The fraction of sp³-hybridized carbons (Fsp3) is 0.192. The fourth-order valence-electron chi connectivity index (χ4n) is 4.81. The maximum atomic E-state index is 13.9. The van der Waals surface area contributed by atoms with Gasteiger partial charge in [-0.25, -0.2) is 4.52 Å². The number of rotatable bonds is 6. The molecule has 0 spiro atoms. The van der Waals surface area contributed by atoms with Gasteiger partial charge in [0.2, 0.25) is 0 Å². The van der Waals surface area contributed by atoms with Crippen molar-refractivity contribution in [3.05, 3.63) is 78.4 Å². The standard InChI is InChI=1S/C26H25F5N8OS/c1-17-2-3-20(12-24(17)38-8-9-39-25(38)14-23(36-39)19-15-33-34-16-19)35-26(40)18-10-21(37-6-4-32-5-7-37)13-22(11-18)41(27,28,29,30)31/h2-3,8-16,32H,4-7H2,1H3,(H,33,34)(H,35,40). The quantitative estimate of drug-likeness (QED) is 0.206. The van der Waals surface area contributed by atoms with Crippen LogP contribution in [0.1, 0.15) is 15.9 Å². The number of hydrogen-bond donors (Lipinski definition) is 3. The number of halogens is 5. The van der Waals surface area contributed by atoms with E-state index in [-0.39, 0.29) is 17.4 Å². The average Bonchev–Trinajstić information content (AvgIpc) is 3.67. The normalized spacial score (nSPS) is 16.0. The number of H-pyrrole nitrogens is 1. The molecule has 5 aromatic rings. The van der Waals surface area contributed by atoms with E-state index in [1.165, 1.54) is 6.07 Å². The second-order valence-electron chi connectivity index (χ2n) is 9.86. The second kappa shape index (κ2) is 8.81. The molecule has 3 N–H and O–H groups in total. The molecular weight excluding hydrogens is 567 g/mol. The molecule has 1 fully saturated rings. The third-order valence-electron chi connectivity index (χ3n) is 6.92. The van der Waals surface area contributed by atoms with Crippen molar-refractivity contribution in [2.24, 2.45) is 0 Å². The van der Waals surface area contributed by atoms with E-state index >= 15 is 0 Å². The number of nitrogens with one attached hydrogen (secondary N) is 3. The zero-order valence-corrected chi connectivity index (χ0v) is 22.4. The van der Waals surface area contributed by atoms with Gasteiger partial charge in [-0.3, -0.25) is 14.5 Å². The summed E-state index contributed by atoms with van der Waals surface area (Å²) in [6.45, 7) is 3.44. The number of hydrogen-bond acceptors (Lipinski definition) is 5. The van der Waals surface area contributed by atoms with Crippen LogP contribution in [0.15, 0.2) is 72.1 Å². The van der Waals surface area contributed by atoms with Gasteiger partial charge < -0.3 is 15.5 Å². The van der Waals surface area contributed by atoms with Crippen molar-refractivity contribution in [2.45, 2.75) is 11.8 Å². The Morgan fingerprint density at radius 1 is 1.00 bits per heavy atom. The summed E-state index contributed by atoms with van der Waals surface area (Å²) in [5.74, 6) is -0.941. The highest BCUT2D eigenvalue weighted by molar-refractivity contribution is 8.45. The van der Waals surface area contributed by atoms with Crippen LogP contribution in [0.5, 0.6) is 0 Å². The van der Waals surface area contributed by atoms with Crippen molar-refractivity contribution in [1.82, 2.24) is 29.7 Å². The SMILES string of the molecule is Cc1ccc(NC(=O)c2cc(N3CCNCC3)cc(S(F)(F)(F)(F)F)c2)cc1-n1ccn2nc(-c3cn[nH]c3)cc12. The molecule has 0 bridgehead atoms. The van der Waals surface area contributed by atoms with E-state index in [4.69, 9.17) is 0 Å². The largest absolute Gasteiger partial charge is 0.369 e. The number of carbonyl (C=O) groups excluding carboxylic acids is 1. The first kappa shape index (κ1) is 26.8. The highest BCUT2D eigenvalue weighted by Gasteiger charge is 2.65. The van der Waals surface area contributed by atoms with Crippen molar-refractivity contribution < 1.29 is 24.2 Å². The first-order valence-electron chi connectivity index (χ1n) is 12.6. The Bertz CT molecular complexity index is 1770. The molecule has 41 heavy (non-hydrogen) atoms. The summed E-state index contributed by atoms with van der Waals surface area (Å²) in [5.41, 5.74) is 3.40. The summed E-state index contributed by atoms with van der Waals surface area (Å²) < 4.78 is 72.8. The van der Waals surface area contributed by atoms with Crippen LogP contribution in [0, 0.1) is 6.92 Å². The summed E-state index contributed by atoms with van der Waals surface area (Å²) in [7, 11) is -10.1. The lowest BCUT2D eigenvalue weighted by Gasteiger charge is -2.41. The third-order valence-corrected chi connectivity index (χ3v) is 8.05. The number of carbonyl (C=O) groups is 1. The smallest absolute Gasteiger partial charge is 0.310 e. The highest BCUT2D eigenvalue weighted by Crippen LogP contribution is 3.02. The van der Waals surface area contributed by atoms with Crippen LogP contribution in [0.2, 0.25) is 0 Å². The molecule has 0 aliphatic carbocycles. The molecule has 1 amide bonds. The predicted molar refractivity (Wildman–Crippen MR) is 148 cm³/mol. The van der Waals surface area contributed by atoms with Crippen LogP contribution in [-0.2, 0) is 0 Å². The van der Waals surface area contributed by atoms with Gasteiger partial charge in [-0.1, -0.05) is 25.5 Å². The van der Waals surface area contributed by atoms with Gasteiger partial charge in [0.15, 0.2) is 0 Å². The highest BCUT2D eigenvalue weighted by atomic mass is 32.5. The Labute approximate surface area is 230 Å². The Kier molecular flexibility index (Phi) is 5.77. The van der Waals surface area contributed by atoms with Gasteiger partial charge >= 0.3 is 10.2 Å². The first-order chi connectivity index (χ1) is 19.2. The number of aromatic amines is 1. The molecule has 1 aliphatic rings. The van der Waals surface area contributed by atoms with Gasteiger partial charge in [0, 0.05) is 73.3 Å². The van der Waals surface area contributed by atoms with Crippen LogP contribution in [0.4, 0.5) is 30.8 Å². The molecule has 9 nitrogen and oxygen atoms in total. The second-order valence-corrected chi connectivity index (χ2v) is 12.3. The summed E-state index contributed by atoms with van der Waals surface area (Å²) >= 11 is 0. The van der Waals surface area contributed by atoms with Gasteiger partial charge in [0.05, 0.1) is 17.6 Å². The molecular formula is C26H25F5N8OS. The van der Waals surface area contributed by atoms with Gasteiger partial charge in [-0.2, -0.15) is 10.2 Å². The van der Waals surface area contributed by atoms with Crippen LogP contribution < -0.4 is 15.5 Å². The number of benzene rings is 2.